The van der Waals surface area contributed by atoms with Crippen LogP contribution in [0, 0.1) is 12.3 Å². The van der Waals surface area contributed by atoms with E-state index in [9.17, 15) is 9.90 Å². The number of carbonyl (C=O) groups excluding carboxylic acids is 1. The van der Waals surface area contributed by atoms with Gasteiger partial charge in [-0.1, -0.05) is 17.7 Å². The van der Waals surface area contributed by atoms with Gasteiger partial charge in [0.1, 0.15) is 11.5 Å². The molecular weight excluding hydrogens is 248 g/mol. The van der Waals surface area contributed by atoms with Crippen LogP contribution in [0.3, 0.4) is 0 Å². The van der Waals surface area contributed by atoms with Gasteiger partial charge in [0.25, 0.3) is 5.91 Å². The number of methoxy groups -OCH3 is 1. The topological polar surface area (TPSA) is 103 Å². The average Bonchev–Trinajstić information content (AvgIpc) is 2.39. The minimum Gasteiger partial charge on any atom is -0.506 e. The Hall–Kier alpha value is -2.18. The SMILES string of the molecule is COC(O)C(=N)/C(O)=C\C(=O)Nc1ccc(C)cc1. The van der Waals surface area contributed by atoms with Gasteiger partial charge in [0.15, 0.2) is 0 Å². The van der Waals surface area contributed by atoms with Gasteiger partial charge in [-0.2, -0.15) is 0 Å². The summed E-state index contributed by atoms with van der Waals surface area (Å²) in [6.45, 7) is 1.92. The molecule has 1 unspecified atom stereocenters. The fourth-order valence-electron chi connectivity index (χ4n) is 1.26. The molecule has 19 heavy (non-hydrogen) atoms. The molecule has 0 spiro atoms. The van der Waals surface area contributed by atoms with Gasteiger partial charge in [-0.25, -0.2) is 0 Å². The van der Waals surface area contributed by atoms with E-state index < -0.39 is 23.7 Å². The Labute approximate surface area is 110 Å². The maximum atomic E-state index is 11.6. The van der Waals surface area contributed by atoms with Gasteiger partial charge in [0.2, 0.25) is 6.29 Å². The van der Waals surface area contributed by atoms with Crippen LogP contribution >= 0.6 is 0 Å². The van der Waals surface area contributed by atoms with E-state index in [2.05, 4.69) is 10.1 Å². The number of aliphatic hydroxyl groups excluding tert-OH is 2. The monoisotopic (exact) mass is 264 g/mol. The van der Waals surface area contributed by atoms with E-state index in [0.717, 1.165) is 11.6 Å². The molecule has 1 aromatic rings. The van der Waals surface area contributed by atoms with Crippen LogP contribution < -0.4 is 5.32 Å². The number of amides is 1. The van der Waals surface area contributed by atoms with E-state index in [1.165, 1.54) is 7.11 Å². The zero-order valence-corrected chi connectivity index (χ0v) is 10.7. The molecule has 6 heteroatoms. The van der Waals surface area contributed by atoms with Gasteiger partial charge in [-0.15, -0.1) is 0 Å². The maximum Gasteiger partial charge on any atom is 0.252 e. The predicted octanol–water partition coefficient (Wildman–Crippen LogP) is 1.36. The zero-order chi connectivity index (χ0) is 14.4. The fourth-order valence-corrected chi connectivity index (χ4v) is 1.26. The minimum atomic E-state index is -1.57. The maximum absolute atomic E-state index is 11.6. The van der Waals surface area contributed by atoms with Crippen LogP contribution in [0.25, 0.3) is 0 Å². The Morgan fingerprint density at radius 2 is 2.00 bits per heavy atom. The van der Waals surface area contributed by atoms with E-state index in [0.29, 0.717) is 5.69 Å². The van der Waals surface area contributed by atoms with Crippen molar-refractivity contribution in [1.29, 1.82) is 5.41 Å². The van der Waals surface area contributed by atoms with Crippen LogP contribution in [0.4, 0.5) is 5.69 Å². The van der Waals surface area contributed by atoms with Gasteiger partial charge in [0.05, 0.1) is 0 Å². The highest BCUT2D eigenvalue weighted by Crippen LogP contribution is 2.09. The molecule has 0 radical (unpaired) electrons. The molecule has 0 aliphatic carbocycles. The van der Waals surface area contributed by atoms with Crippen molar-refractivity contribution in [3.63, 3.8) is 0 Å². The van der Waals surface area contributed by atoms with Crippen LogP contribution in [-0.4, -0.2) is 35.2 Å². The standard InChI is InChI=1S/C13H16N2O4/c1-8-3-5-9(6-4-8)15-11(17)7-10(16)12(14)13(18)19-2/h3-7,13-14,16,18H,1-2H3,(H,15,17)/b10-7+,14-12?. The molecule has 0 aliphatic heterocycles. The second-order valence-electron chi connectivity index (χ2n) is 3.89. The van der Waals surface area contributed by atoms with Crippen LogP contribution in [0.1, 0.15) is 5.56 Å². The number of anilines is 1. The molecule has 6 nitrogen and oxygen atoms in total. The van der Waals surface area contributed by atoms with E-state index in [-0.39, 0.29) is 0 Å². The highest BCUT2D eigenvalue weighted by molar-refractivity contribution is 6.07. The van der Waals surface area contributed by atoms with Gasteiger partial charge in [-0.3, -0.25) is 10.2 Å². The lowest BCUT2D eigenvalue weighted by Crippen LogP contribution is -2.24. The molecule has 1 atom stereocenters. The first-order chi connectivity index (χ1) is 8.93. The summed E-state index contributed by atoms with van der Waals surface area (Å²) in [6, 6.07) is 7.09. The molecule has 4 N–H and O–H groups in total. The lowest BCUT2D eigenvalue weighted by atomic mass is 10.2. The predicted molar refractivity (Wildman–Crippen MR) is 71.3 cm³/mol. The molecule has 1 aromatic carbocycles. The third kappa shape index (κ3) is 4.53. The van der Waals surface area contributed by atoms with Crippen molar-refractivity contribution >= 4 is 17.3 Å². The molecule has 1 rings (SSSR count). The van der Waals surface area contributed by atoms with Crippen LogP contribution in [-0.2, 0) is 9.53 Å². The number of nitrogens with one attached hydrogen (secondary N) is 2. The fraction of sp³-hybridized carbons (Fsp3) is 0.231. The van der Waals surface area contributed by atoms with Crippen molar-refractivity contribution in [2.45, 2.75) is 13.2 Å². The molecule has 0 fully saturated rings. The van der Waals surface area contributed by atoms with Crippen molar-refractivity contribution in [3.05, 3.63) is 41.7 Å². The first-order valence-corrected chi connectivity index (χ1v) is 5.52. The summed E-state index contributed by atoms with van der Waals surface area (Å²) in [4.78, 5) is 11.6. The number of hydrogen-bond donors (Lipinski definition) is 4. The van der Waals surface area contributed by atoms with Gasteiger partial charge in [-0.05, 0) is 19.1 Å². The Morgan fingerprint density at radius 1 is 1.42 bits per heavy atom. The summed E-state index contributed by atoms with van der Waals surface area (Å²) in [5, 5.41) is 28.4. The Balaban J connectivity index is 2.68. The van der Waals surface area contributed by atoms with Crippen molar-refractivity contribution < 1.29 is 19.7 Å². The first-order valence-electron chi connectivity index (χ1n) is 5.52. The summed E-state index contributed by atoms with van der Waals surface area (Å²) in [7, 11) is 1.18. The highest BCUT2D eigenvalue weighted by Gasteiger charge is 2.15. The van der Waals surface area contributed by atoms with Crippen molar-refractivity contribution in [2.24, 2.45) is 0 Å². The Kier molecular flexibility index (Phi) is 5.23. The molecule has 0 heterocycles. The number of ether oxygens (including phenoxy) is 1. The molecule has 0 saturated carbocycles. The number of aliphatic hydroxyl groups is 2. The number of aryl methyl sites for hydroxylation is 1. The second kappa shape index (κ2) is 6.67. The van der Waals surface area contributed by atoms with Crippen LogP contribution in [0.5, 0.6) is 0 Å². The molecule has 0 aromatic heterocycles. The molecule has 0 aliphatic rings. The van der Waals surface area contributed by atoms with E-state index in [4.69, 9.17) is 10.5 Å². The van der Waals surface area contributed by atoms with Gasteiger partial charge < -0.3 is 20.3 Å². The highest BCUT2D eigenvalue weighted by atomic mass is 16.6. The largest absolute Gasteiger partial charge is 0.506 e. The third-order valence-electron chi connectivity index (χ3n) is 2.33. The molecular formula is C13H16N2O4. The number of hydrogen-bond acceptors (Lipinski definition) is 5. The van der Waals surface area contributed by atoms with Crippen molar-refractivity contribution in [3.8, 4) is 0 Å². The van der Waals surface area contributed by atoms with E-state index in [1.54, 1.807) is 12.1 Å². The van der Waals surface area contributed by atoms with E-state index in [1.807, 2.05) is 19.1 Å². The summed E-state index contributed by atoms with van der Waals surface area (Å²) < 4.78 is 4.44. The lowest BCUT2D eigenvalue weighted by Gasteiger charge is -2.09. The summed E-state index contributed by atoms with van der Waals surface area (Å²) in [6.07, 6.45) is -0.756. The second-order valence-corrected chi connectivity index (χ2v) is 3.89. The van der Waals surface area contributed by atoms with E-state index >= 15 is 0 Å². The van der Waals surface area contributed by atoms with Gasteiger partial charge in [0, 0.05) is 18.9 Å². The minimum absolute atomic E-state index is 0.568. The molecule has 0 bridgehead atoms. The number of rotatable bonds is 5. The van der Waals surface area contributed by atoms with Gasteiger partial charge >= 0.3 is 0 Å². The average molecular weight is 264 g/mol. The molecule has 1 amide bonds. The number of carbonyl (C=O) groups is 1. The smallest absolute Gasteiger partial charge is 0.252 e. The Morgan fingerprint density at radius 3 is 2.53 bits per heavy atom. The molecule has 102 valence electrons. The van der Waals surface area contributed by atoms with Crippen LogP contribution in [0.15, 0.2) is 36.1 Å². The summed E-state index contributed by atoms with van der Waals surface area (Å²) in [5.74, 6) is -1.26. The lowest BCUT2D eigenvalue weighted by molar-refractivity contribution is -0.112. The zero-order valence-electron chi connectivity index (χ0n) is 10.7. The normalized spacial score (nSPS) is 12.9. The summed E-state index contributed by atoms with van der Waals surface area (Å²) >= 11 is 0. The Bertz CT molecular complexity index is 494. The summed E-state index contributed by atoms with van der Waals surface area (Å²) in [5.41, 5.74) is 1.04. The van der Waals surface area contributed by atoms with Crippen LogP contribution in [0.2, 0.25) is 0 Å². The number of benzene rings is 1. The van der Waals surface area contributed by atoms with Crippen molar-refractivity contribution in [2.75, 3.05) is 12.4 Å². The quantitative estimate of drug-likeness (QED) is 0.279. The molecule has 0 saturated heterocycles. The first kappa shape index (κ1) is 14.9. The third-order valence-corrected chi connectivity index (χ3v) is 2.33. The van der Waals surface area contributed by atoms with Crippen molar-refractivity contribution in [1.82, 2.24) is 0 Å².